The number of phenolic OH excluding ortho intramolecular Hbond substituents is 1. The molecule has 0 bridgehead atoms. The van der Waals surface area contributed by atoms with E-state index in [1.165, 1.54) is 0 Å². The van der Waals surface area contributed by atoms with Gasteiger partial charge in [-0.3, -0.25) is 4.79 Å². The topological polar surface area (TPSA) is 66.6 Å². The molecule has 1 aromatic carbocycles. The van der Waals surface area contributed by atoms with Gasteiger partial charge in [-0.15, -0.1) is 0 Å². The van der Waals surface area contributed by atoms with E-state index in [0.29, 0.717) is 13.0 Å². The largest absolute Gasteiger partial charge is 0.508 e. The maximum Gasteiger partial charge on any atom is 0.222 e. The Hall–Kier alpha value is -1.55. The molecule has 1 aliphatic rings. The Morgan fingerprint density at radius 1 is 1.38 bits per heavy atom. The molecular weight excluding hydrogens is 204 g/mol. The van der Waals surface area contributed by atoms with Gasteiger partial charge in [-0.05, 0) is 24.1 Å². The van der Waals surface area contributed by atoms with Crippen molar-refractivity contribution in [3.63, 3.8) is 0 Å². The van der Waals surface area contributed by atoms with Gasteiger partial charge in [0, 0.05) is 25.6 Å². The van der Waals surface area contributed by atoms with Gasteiger partial charge < -0.3 is 15.7 Å². The maximum absolute atomic E-state index is 11.4. The first kappa shape index (κ1) is 11.0. The number of nitrogens with two attached hydrogens (primary N) is 1. The van der Waals surface area contributed by atoms with E-state index in [2.05, 4.69) is 0 Å². The molecule has 0 spiro atoms. The van der Waals surface area contributed by atoms with Crippen molar-refractivity contribution in [3.8, 4) is 5.75 Å². The van der Waals surface area contributed by atoms with Crippen LogP contribution in [0.5, 0.6) is 5.75 Å². The van der Waals surface area contributed by atoms with Crippen molar-refractivity contribution >= 4 is 5.91 Å². The van der Waals surface area contributed by atoms with E-state index in [4.69, 9.17) is 10.8 Å². The van der Waals surface area contributed by atoms with Crippen LogP contribution in [0.4, 0.5) is 0 Å². The second-order valence-electron chi connectivity index (χ2n) is 4.14. The van der Waals surface area contributed by atoms with Crippen LogP contribution in [0.2, 0.25) is 0 Å². The molecule has 1 saturated heterocycles. The number of rotatable bonds is 3. The molecule has 3 N–H and O–H groups in total. The van der Waals surface area contributed by atoms with Crippen LogP contribution >= 0.6 is 0 Å². The average Bonchev–Trinajstić information content (AvgIpc) is 2.65. The third kappa shape index (κ3) is 2.33. The molecule has 0 radical (unpaired) electrons. The lowest BCUT2D eigenvalue weighted by Crippen LogP contribution is -2.32. The Kier molecular flexibility index (Phi) is 3.10. The number of benzene rings is 1. The van der Waals surface area contributed by atoms with Gasteiger partial charge in [0.15, 0.2) is 0 Å². The fourth-order valence-electron chi connectivity index (χ4n) is 1.96. The molecule has 86 valence electrons. The SMILES string of the molecule is NC(CN1CCCC1=O)c1ccc(O)cc1. The van der Waals surface area contributed by atoms with Crippen LogP contribution in [0.15, 0.2) is 24.3 Å². The summed E-state index contributed by atoms with van der Waals surface area (Å²) >= 11 is 0. The molecule has 1 amide bonds. The summed E-state index contributed by atoms with van der Waals surface area (Å²) in [6.45, 7) is 1.37. The second-order valence-corrected chi connectivity index (χ2v) is 4.14. The molecule has 16 heavy (non-hydrogen) atoms. The minimum atomic E-state index is -0.178. The minimum Gasteiger partial charge on any atom is -0.508 e. The van der Waals surface area contributed by atoms with E-state index in [1.807, 2.05) is 0 Å². The van der Waals surface area contributed by atoms with E-state index in [-0.39, 0.29) is 17.7 Å². The Balaban J connectivity index is 1.99. The summed E-state index contributed by atoms with van der Waals surface area (Å²) in [6.07, 6.45) is 1.57. The standard InChI is InChI=1S/C12H16N2O2/c13-11(8-14-7-1-2-12(14)16)9-3-5-10(15)6-4-9/h3-6,11,15H,1-2,7-8,13H2. The molecule has 4 heteroatoms. The molecule has 1 aliphatic heterocycles. The van der Waals surface area contributed by atoms with Crippen molar-refractivity contribution in [1.82, 2.24) is 4.90 Å². The number of carbonyl (C=O) groups excluding carboxylic acids is 1. The number of nitrogens with zero attached hydrogens (tertiary/aromatic N) is 1. The van der Waals surface area contributed by atoms with Crippen LogP contribution in [0, 0.1) is 0 Å². The molecule has 1 aromatic rings. The fourth-order valence-corrected chi connectivity index (χ4v) is 1.96. The summed E-state index contributed by atoms with van der Waals surface area (Å²) in [5, 5.41) is 9.16. The number of amides is 1. The van der Waals surface area contributed by atoms with Crippen molar-refractivity contribution in [2.45, 2.75) is 18.9 Å². The third-order valence-corrected chi connectivity index (χ3v) is 2.91. The van der Waals surface area contributed by atoms with E-state index in [1.54, 1.807) is 29.2 Å². The van der Waals surface area contributed by atoms with Crippen LogP contribution in [-0.4, -0.2) is 29.0 Å². The lowest BCUT2D eigenvalue weighted by molar-refractivity contribution is -0.127. The van der Waals surface area contributed by atoms with Crippen molar-refractivity contribution in [3.05, 3.63) is 29.8 Å². The van der Waals surface area contributed by atoms with Gasteiger partial charge in [-0.25, -0.2) is 0 Å². The van der Waals surface area contributed by atoms with Crippen molar-refractivity contribution in [2.24, 2.45) is 5.73 Å². The van der Waals surface area contributed by atoms with Gasteiger partial charge in [0.2, 0.25) is 5.91 Å². The molecule has 1 fully saturated rings. The van der Waals surface area contributed by atoms with Crippen molar-refractivity contribution < 1.29 is 9.90 Å². The number of carbonyl (C=O) groups is 1. The monoisotopic (exact) mass is 220 g/mol. The molecule has 0 aliphatic carbocycles. The zero-order valence-corrected chi connectivity index (χ0v) is 9.10. The lowest BCUT2D eigenvalue weighted by atomic mass is 10.1. The second kappa shape index (κ2) is 4.53. The first-order chi connectivity index (χ1) is 7.66. The van der Waals surface area contributed by atoms with Gasteiger partial charge in [-0.2, -0.15) is 0 Å². The van der Waals surface area contributed by atoms with Gasteiger partial charge in [-0.1, -0.05) is 12.1 Å². The molecule has 2 rings (SSSR count). The number of hydrogen-bond donors (Lipinski definition) is 2. The number of aromatic hydroxyl groups is 1. The molecular formula is C12H16N2O2. The third-order valence-electron chi connectivity index (χ3n) is 2.91. The van der Waals surface area contributed by atoms with Crippen molar-refractivity contribution in [2.75, 3.05) is 13.1 Å². The fraction of sp³-hybridized carbons (Fsp3) is 0.417. The summed E-state index contributed by atoms with van der Waals surface area (Å²) in [7, 11) is 0. The summed E-state index contributed by atoms with van der Waals surface area (Å²) in [5.74, 6) is 0.419. The first-order valence-electron chi connectivity index (χ1n) is 5.49. The maximum atomic E-state index is 11.4. The summed E-state index contributed by atoms with van der Waals surface area (Å²) in [4.78, 5) is 13.2. The smallest absolute Gasteiger partial charge is 0.222 e. The Labute approximate surface area is 94.7 Å². The molecule has 1 atom stereocenters. The first-order valence-corrected chi connectivity index (χ1v) is 5.49. The van der Waals surface area contributed by atoms with Crippen LogP contribution in [-0.2, 0) is 4.79 Å². The van der Waals surface area contributed by atoms with Gasteiger partial charge in [0.25, 0.3) is 0 Å². The molecule has 1 heterocycles. The zero-order valence-electron chi connectivity index (χ0n) is 9.10. The minimum absolute atomic E-state index is 0.178. The highest BCUT2D eigenvalue weighted by molar-refractivity contribution is 5.78. The molecule has 0 aromatic heterocycles. The highest BCUT2D eigenvalue weighted by Crippen LogP contribution is 2.18. The van der Waals surface area contributed by atoms with E-state index in [9.17, 15) is 4.79 Å². The van der Waals surface area contributed by atoms with Crippen molar-refractivity contribution in [1.29, 1.82) is 0 Å². The van der Waals surface area contributed by atoms with E-state index in [0.717, 1.165) is 18.5 Å². The van der Waals surface area contributed by atoms with E-state index >= 15 is 0 Å². The Morgan fingerprint density at radius 2 is 2.06 bits per heavy atom. The predicted molar refractivity (Wildman–Crippen MR) is 60.8 cm³/mol. The average molecular weight is 220 g/mol. The number of hydrogen-bond acceptors (Lipinski definition) is 3. The molecule has 0 saturated carbocycles. The number of phenols is 1. The van der Waals surface area contributed by atoms with Gasteiger partial charge in [0.05, 0.1) is 0 Å². The van der Waals surface area contributed by atoms with Crippen LogP contribution in [0.1, 0.15) is 24.4 Å². The van der Waals surface area contributed by atoms with Gasteiger partial charge in [0.1, 0.15) is 5.75 Å². The highest BCUT2D eigenvalue weighted by atomic mass is 16.3. The molecule has 4 nitrogen and oxygen atoms in total. The Morgan fingerprint density at radius 3 is 2.62 bits per heavy atom. The Bertz CT molecular complexity index is 375. The highest BCUT2D eigenvalue weighted by Gasteiger charge is 2.22. The van der Waals surface area contributed by atoms with Gasteiger partial charge >= 0.3 is 0 Å². The lowest BCUT2D eigenvalue weighted by Gasteiger charge is -2.20. The van der Waals surface area contributed by atoms with Crippen LogP contribution in [0.3, 0.4) is 0 Å². The van der Waals surface area contributed by atoms with Crippen LogP contribution < -0.4 is 5.73 Å². The predicted octanol–water partition coefficient (Wildman–Crippen LogP) is 1.01. The summed E-state index contributed by atoms with van der Waals surface area (Å²) in [6, 6.07) is 6.63. The molecule has 1 unspecified atom stereocenters. The normalized spacial score (nSPS) is 17.8. The van der Waals surface area contributed by atoms with Crippen LogP contribution in [0.25, 0.3) is 0 Å². The zero-order chi connectivity index (χ0) is 11.5. The van der Waals surface area contributed by atoms with E-state index < -0.39 is 0 Å². The summed E-state index contributed by atoms with van der Waals surface area (Å²) in [5.41, 5.74) is 6.95. The number of likely N-dealkylation sites (tertiary alicyclic amines) is 1. The summed E-state index contributed by atoms with van der Waals surface area (Å²) < 4.78 is 0. The quantitative estimate of drug-likeness (QED) is 0.799.